The van der Waals surface area contributed by atoms with E-state index in [4.69, 9.17) is 16.7 Å². The number of hydrogen-bond donors (Lipinski definition) is 0. The molecule has 0 saturated carbocycles. The van der Waals surface area contributed by atoms with Gasteiger partial charge >= 0.3 is 183 Å². The Kier molecular flexibility index (Phi) is 5.76. The van der Waals surface area contributed by atoms with E-state index in [0.29, 0.717) is 11.0 Å². The van der Waals surface area contributed by atoms with Crippen LogP contribution in [0.25, 0.3) is 21.8 Å². The minimum atomic E-state index is -3.66. The fraction of sp³-hybridized carbons (Fsp3) is 0.0909. The summed E-state index contributed by atoms with van der Waals surface area (Å²) in [6.45, 7) is 3.68. The van der Waals surface area contributed by atoms with Crippen LogP contribution in [0.2, 0.25) is 0 Å². The molecular weight excluding hydrogens is 461 g/mol. The number of carbonyl (C=O) groups is 2. The number of nitrogens with zero attached hydrogens (tertiary/aromatic N) is 2. The van der Waals surface area contributed by atoms with Crippen LogP contribution in [0.4, 0.5) is 0 Å². The number of aromatic nitrogens is 2. The van der Waals surface area contributed by atoms with Crippen LogP contribution in [0.5, 0.6) is 0 Å². The van der Waals surface area contributed by atoms with Crippen molar-refractivity contribution in [3.8, 4) is 0 Å². The molecule has 148 valence electrons. The molecule has 4 rings (SSSR count). The van der Waals surface area contributed by atoms with E-state index in [1.54, 1.807) is 24.3 Å². The number of pyridine rings is 2. The molecule has 2 heterocycles. The molecule has 30 heavy (non-hydrogen) atoms. The van der Waals surface area contributed by atoms with Crippen LogP contribution in [0.1, 0.15) is 32.1 Å². The Morgan fingerprint density at radius 1 is 0.733 bits per heavy atom. The van der Waals surface area contributed by atoms with Gasteiger partial charge in [0.1, 0.15) is 0 Å². The van der Waals surface area contributed by atoms with Gasteiger partial charge in [-0.05, 0) is 0 Å². The SMILES string of the molecule is Cc1ccc2cccc(C(=O)[O][Ga]([Cl])[O]C(=O)c3cccc4ccc(C)nc34)c2n1. The van der Waals surface area contributed by atoms with E-state index in [0.717, 1.165) is 22.2 Å². The zero-order valence-electron chi connectivity index (χ0n) is 16.3. The molecule has 0 aliphatic rings. The molecule has 8 heteroatoms. The number of fused-ring (bicyclic) bond motifs is 2. The molecule has 0 amide bonds. The van der Waals surface area contributed by atoms with Crippen LogP contribution >= 0.6 is 9.64 Å². The van der Waals surface area contributed by atoms with Crippen molar-refractivity contribution in [3.63, 3.8) is 0 Å². The van der Waals surface area contributed by atoms with Gasteiger partial charge in [0.15, 0.2) is 0 Å². The second kappa shape index (κ2) is 8.47. The van der Waals surface area contributed by atoms with E-state index < -0.39 is 27.9 Å². The average molecular weight is 478 g/mol. The molecule has 0 radical (unpaired) electrons. The first-order chi connectivity index (χ1) is 14.4. The second-order valence-electron chi connectivity index (χ2n) is 6.74. The van der Waals surface area contributed by atoms with Gasteiger partial charge in [0, 0.05) is 0 Å². The van der Waals surface area contributed by atoms with Crippen molar-refractivity contribution < 1.29 is 16.6 Å². The van der Waals surface area contributed by atoms with Gasteiger partial charge in [-0.25, -0.2) is 0 Å². The van der Waals surface area contributed by atoms with Gasteiger partial charge in [0.25, 0.3) is 0 Å². The topological polar surface area (TPSA) is 78.4 Å². The molecule has 6 nitrogen and oxygen atoms in total. The Labute approximate surface area is 182 Å². The van der Waals surface area contributed by atoms with Gasteiger partial charge in [0.05, 0.1) is 0 Å². The van der Waals surface area contributed by atoms with Crippen LogP contribution in [-0.2, 0) is 7.06 Å². The molecule has 2 aromatic heterocycles. The first kappa shape index (κ1) is 20.4. The molecule has 0 fully saturated rings. The first-order valence-corrected chi connectivity index (χ1v) is 14.4. The molecule has 0 N–H and O–H groups in total. The number of hydrogen-bond acceptors (Lipinski definition) is 6. The summed E-state index contributed by atoms with van der Waals surface area (Å²) in [4.78, 5) is 34.1. The molecule has 0 unspecified atom stereocenters. The quantitative estimate of drug-likeness (QED) is 0.399. The molecule has 0 spiro atoms. The van der Waals surface area contributed by atoms with Crippen molar-refractivity contribution in [2.45, 2.75) is 13.8 Å². The Morgan fingerprint density at radius 3 is 1.60 bits per heavy atom. The van der Waals surface area contributed by atoms with Crippen LogP contribution in [0.3, 0.4) is 0 Å². The third kappa shape index (κ3) is 4.18. The van der Waals surface area contributed by atoms with E-state index in [1.165, 1.54) is 0 Å². The third-order valence-corrected chi connectivity index (χ3v) is 7.16. The van der Waals surface area contributed by atoms with Gasteiger partial charge < -0.3 is 0 Å². The van der Waals surface area contributed by atoms with Gasteiger partial charge in [-0.1, -0.05) is 0 Å². The Hall–Kier alpha value is -2.87. The summed E-state index contributed by atoms with van der Waals surface area (Å²) >= 11 is -3.66. The number of halogens is 1. The van der Waals surface area contributed by atoms with Crippen molar-refractivity contribution in [2.75, 3.05) is 0 Å². The maximum atomic E-state index is 12.7. The fourth-order valence-corrected chi connectivity index (χ4v) is 5.32. The fourth-order valence-electron chi connectivity index (χ4n) is 3.14. The van der Waals surface area contributed by atoms with E-state index in [2.05, 4.69) is 9.97 Å². The summed E-state index contributed by atoms with van der Waals surface area (Å²) in [5, 5.41) is 1.62. The Bertz CT molecular complexity index is 1200. The predicted octanol–water partition coefficient (Wildman–Crippen LogP) is 4.64. The van der Waals surface area contributed by atoms with Crippen molar-refractivity contribution in [3.05, 3.63) is 83.2 Å². The van der Waals surface area contributed by atoms with Crippen LogP contribution in [0.15, 0.2) is 60.7 Å². The predicted molar refractivity (Wildman–Crippen MR) is 115 cm³/mol. The summed E-state index contributed by atoms with van der Waals surface area (Å²) in [6.07, 6.45) is 0. The normalized spacial score (nSPS) is 10.8. The van der Waals surface area contributed by atoms with E-state index in [1.807, 2.05) is 50.2 Å². The molecule has 0 aliphatic heterocycles. The minimum absolute atomic E-state index is 0.283. The van der Waals surface area contributed by atoms with Gasteiger partial charge in [-0.2, -0.15) is 0 Å². The van der Waals surface area contributed by atoms with Gasteiger partial charge in [-0.3, -0.25) is 0 Å². The molecule has 0 atom stereocenters. The van der Waals surface area contributed by atoms with Crippen molar-refractivity contribution in [1.82, 2.24) is 9.97 Å². The molecular formula is C22H16ClGaN2O4. The van der Waals surface area contributed by atoms with E-state index in [-0.39, 0.29) is 11.1 Å². The van der Waals surface area contributed by atoms with Crippen molar-refractivity contribution in [1.29, 1.82) is 0 Å². The number of rotatable bonds is 4. The Morgan fingerprint density at radius 2 is 1.17 bits per heavy atom. The third-order valence-electron chi connectivity index (χ3n) is 4.56. The van der Waals surface area contributed by atoms with Crippen LogP contribution in [-0.4, -0.2) is 37.9 Å². The summed E-state index contributed by atoms with van der Waals surface area (Å²) < 4.78 is 10.6. The molecule has 0 saturated heterocycles. The summed E-state index contributed by atoms with van der Waals surface area (Å²) in [6, 6.07) is 17.9. The van der Waals surface area contributed by atoms with Gasteiger partial charge in [0.2, 0.25) is 0 Å². The van der Waals surface area contributed by atoms with Crippen LogP contribution in [0, 0.1) is 13.8 Å². The number of carbonyl (C=O) groups excluding carboxylic acids is 2. The van der Waals surface area contributed by atoms with E-state index in [9.17, 15) is 9.59 Å². The average Bonchev–Trinajstić information content (AvgIpc) is 2.72. The Balaban J connectivity index is 1.54. The van der Waals surface area contributed by atoms with Gasteiger partial charge in [-0.15, -0.1) is 0 Å². The zero-order valence-corrected chi connectivity index (χ0v) is 19.4. The molecule has 0 bridgehead atoms. The molecule has 0 aliphatic carbocycles. The summed E-state index contributed by atoms with van der Waals surface area (Å²) in [5.41, 5.74) is 3.16. The van der Waals surface area contributed by atoms with Crippen molar-refractivity contribution >= 4 is 59.3 Å². The van der Waals surface area contributed by atoms with Crippen LogP contribution < -0.4 is 0 Å². The summed E-state index contributed by atoms with van der Waals surface area (Å²) in [7, 11) is 6.20. The molecule has 4 aromatic rings. The monoisotopic (exact) mass is 476 g/mol. The van der Waals surface area contributed by atoms with E-state index >= 15 is 0 Å². The van der Waals surface area contributed by atoms with Crippen molar-refractivity contribution in [2.24, 2.45) is 0 Å². The standard InChI is InChI=1S/2C11H9NO2.ClH.Ga/c2*1-7-5-6-8-3-2-4-9(11(13)14)10(8)12-7;;/h2*2-6H,1H3,(H,13,14);1H;/q;;;+3/p-3. The number of benzene rings is 2. The number of para-hydroxylation sites is 2. The number of aryl methyl sites for hydroxylation is 2. The maximum absolute atomic E-state index is 12.7. The molecule has 2 aromatic carbocycles. The summed E-state index contributed by atoms with van der Waals surface area (Å²) in [5.74, 6) is -1.31. The zero-order chi connectivity index (χ0) is 21.3. The second-order valence-corrected chi connectivity index (χ2v) is 10.7. The first-order valence-electron chi connectivity index (χ1n) is 9.21.